The summed E-state index contributed by atoms with van der Waals surface area (Å²) in [6, 6.07) is 4.22. The summed E-state index contributed by atoms with van der Waals surface area (Å²) in [4.78, 5) is 14.3. The highest BCUT2D eigenvalue weighted by Crippen LogP contribution is 2.25. The Morgan fingerprint density at radius 3 is 2.42 bits per heavy atom. The molecule has 1 fully saturated rings. The van der Waals surface area contributed by atoms with Gasteiger partial charge in [-0.3, -0.25) is 4.79 Å². The number of amides is 1. The maximum atomic E-state index is 11.9. The van der Waals surface area contributed by atoms with Crippen molar-refractivity contribution in [1.29, 1.82) is 0 Å². The van der Waals surface area contributed by atoms with Crippen LogP contribution in [0.4, 0.5) is 0 Å². The summed E-state index contributed by atoms with van der Waals surface area (Å²) in [6.07, 6.45) is 1.80. The summed E-state index contributed by atoms with van der Waals surface area (Å²) in [6.45, 7) is 10.1. The van der Waals surface area contributed by atoms with Gasteiger partial charge in [0.15, 0.2) is 6.61 Å². The second-order valence-corrected chi connectivity index (χ2v) is 6.88. The van der Waals surface area contributed by atoms with Gasteiger partial charge in [-0.2, -0.15) is 5.10 Å². The summed E-state index contributed by atoms with van der Waals surface area (Å²) in [5, 5.41) is 4.96. The highest BCUT2D eigenvalue weighted by molar-refractivity contribution is 6.32. The van der Waals surface area contributed by atoms with Crippen molar-refractivity contribution in [2.45, 2.75) is 46.6 Å². The lowest BCUT2D eigenvalue weighted by Gasteiger charge is -2.30. The van der Waals surface area contributed by atoms with Crippen LogP contribution in [0.1, 0.15) is 37.8 Å². The van der Waals surface area contributed by atoms with E-state index < -0.39 is 0 Å². The fourth-order valence-corrected chi connectivity index (χ4v) is 2.83. The van der Waals surface area contributed by atoms with Crippen molar-refractivity contribution in [1.82, 2.24) is 10.3 Å². The molecule has 6 heteroatoms. The lowest BCUT2D eigenvalue weighted by Crippen LogP contribution is -2.39. The molecule has 0 aliphatic carbocycles. The van der Waals surface area contributed by atoms with Crippen LogP contribution in [-0.2, 0) is 4.79 Å². The number of ether oxygens (including phenoxy) is 1. The van der Waals surface area contributed by atoms with E-state index in [-0.39, 0.29) is 12.5 Å². The van der Waals surface area contributed by atoms with Gasteiger partial charge in [-0.1, -0.05) is 11.6 Å². The molecule has 1 aromatic rings. The second-order valence-electron chi connectivity index (χ2n) is 6.50. The molecule has 1 saturated heterocycles. The molecule has 0 saturated carbocycles. The number of aryl methyl sites for hydroxylation is 2. The van der Waals surface area contributed by atoms with Crippen LogP contribution >= 0.6 is 11.6 Å². The average Bonchev–Trinajstić information content (AvgIpc) is 2.56. The summed E-state index contributed by atoms with van der Waals surface area (Å²) in [5.74, 6) is 0.390. The van der Waals surface area contributed by atoms with Crippen molar-refractivity contribution in [3.05, 3.63) is 28.3 Å². The molecule has 1 amide bonds. The number of benzene rings is 1. The fourth-order valence-electron chi connectivity index (χ4n) is 2.72. The Labute approximate surface area is 149 Å². The highest BCUT2D eigenvalue weighted by Gasteiger charge is 2.17. The quantitative estimate of drug-likeness (QED) is 0.828. The molecular formula is C18H26ClN3O2. The monoisotopic (exact) mass is 351 g/mol. The number of hydrogen-bond acceptors (Lipinski definition) is 4. The minimum atomic E-state index is -0.251. The number of hydrazone groups is 1. The van der Waals surface area contributed by atoms with Crippen molar-refractivity contribution in [3.63, 3.8) is 0 Å². The Balaban J connectivity index is 1.79. The minimum absolute atomic E-state index is 0.0601. The third kappa shape index (κ3) is 5.21. The van der Waals surface area contributed by atoms with Crippen LogP contribution in [0.2, 0.25) is 5.02 Å². The Bertz CT molecular complexity index is 596. The van der Waals surface area contributed by atoms with Gasteiger partial charge in [0.05, 0.1) is 0 Å². The summed E-state index contributed by atoms with van der Waals surface area (Å²) < 4.78 is 5.52. The normalized spacial score (nSPS) is 15.5. The number of nitrogens with one attached hydrogen (secondary N) is 1. The molecule has 1 aromatic carbocycles. The third-order valence-electron chi connectivity index (χ3n) is 4.22. The zero-order valence-electron chi connectivity index (χ0n) is 14.9. The number of rotatable bonds is 5. The van der Waals surface area contributed by atoms with E-state index in [4.69, 9.17) is 16.3 Å². The molecule has 1 N–H and O–H groups in total. The molecule has 2 rings (SSSR count). The maximum Gasteiger partial charge on any atom is 0.277 e. The summed E-state index contributed by atoms with van der Waals surface area (Å²) in [5.41, 5.74) is 5.50. The van der Waals surface area contributed by atoms with Crippen LogP contribution in [0.3, 0.4) is 0 Å². The Morgan fingerprint density at radius 1 is 1.29 bits per heavy atom. The molecule has 1 heterocycles. The van der Waals surface area contributed by atoms with Gasteiger partial charge in [-0.25, -0.2) is 5.43 Å². The van der Waals surface area contributed by atoms with Crippen molar-refractivity contribution >= 4 is 23.2 Å². The minimum Gasteiger partial charge on any atom is -0.484 e. The van der Waals surface area contributed by atoms with Crippen LogP contribution in [0.5, 0.6) is 5.75 Å². The molecule has 1 aliphatic rings. The van der Waals surface area contributed by atoms with E-state index in [0.717, 1.165) is 47.8 Å². The Morgan fingerprint density at radius 2 is 1.88 bits per heavy atom. The van der Waals surface area contributed by atoms with Gasteiger partial charge in [-0.05, 0) is 51.0 Å². The SMILES string of the molecule is Cc1cc(OCC(=O)NN=C2CCN(C(C)C)CC2)cc(C)c1Cl. The van der Waals surface area contributed by atoms with Gasteiger partial charge >= 0.3 is 0 Å². The predicted molar refractivity (Wildman–Crippen MR) is 97.9 cm³/mol. The van der Waals surface area contributed by atoms with Gasteiger partial charge in [0, 0.05) is 42.7 Å². The zero-order valence-corrected chi connectivity index (χ0v) is 15.6. The number of halogens is 1. The number of nitrogens with zero attached hydrogens (tertiary/aromatic N) is 2. The molecular weight excluding hydrogens is 326 g/mol. The van der Waals surface area contributed by atoms with Crippen LogP contribution in [-0.4, -0.2) is 42.3 Å². The average molecular weight is 352 g/mol. The topological polar surface area (TPSA) is 53.9 Å². The first kappa shape index (κ1) is 18.7. The van der Waals surface area contributed by atoms with E-state index in [1.54, 1.807) is 0 Å². The molecule has 24 heavy (non-hydrogen) atoms. The van der Waals surface area contributed by atoms with Gasteiger partial charge in [0.1, 0.15) is 5.75 Å². The smallest absolute Gasteiger partial charge is 0.277 e. The van der Waals surface area contributed by atoms with Crippen LogP contribution in [0.15, 0.2) is 17.2 Å². The lowest BCUT2D eigenvalue weighted by molar-refractivity contribution is -0.123. The summed E-state index contributed by atoms with van der Waals surface area (Å²) >= 11 is 6.12. The number of likely N-dealkylation sites (tertiary alicyclic amines) is 1. The largest absolute Gasteiger partial charge is 0.484 e. The predicted octanol–water partition coefficient (Wildman–Crippen LogP) is 3.31. The van der Waals surface area contributed by atoms with Gasteiger partial charge in [0.2, 0.25) is 0 Å². The first-order valence-corrected chi connectivity index (χ1v) is 8.72. The summed E-state index contributed by atoms with van der Waals surface area (Å²) in [7, 11) is 0. The van der Waals surface area contributed by atoms with Gasteiger partial charge in [-0.15, -0.1) is 0 Å². The molecule has 1 aliphatic heterocycles. The van der Waals surface area contributed by atoms with Crippen molar-refractivity contribution in [3.8, 4) is 5.75 Å². The highest BCUT2D eigenvalue weighted by atomic mass is 35.5. The standard InChI is InChI=1S/C18H26ClN3O2/c1-12(2)22-7-5-15(6-8-22)20-21-17(23)11-24-16-9-13(3)18(19)14(4)10-16/h9-10,12H,5-8,11H2,1-4H3,(H,21,23). The molecule has 132 valence electrons. The molecule has 0 bridgehead atoms. The van der Waals surface area contributed by atoms with Gasteiger partial charge in [0.25, 0.3) is 5.91 Å². The van der Waals surface area contributed by atoms with Crippen LogP contribution in [0, 0.1) is 13.8 Å². The first-order valence-electron chi connectivity index (χ1n) is 8.34. The van der Waals surface area contributed by atoms with E-state index >= 15 is 0 Å². The number of carbonyl (C=O) groups is 1. The van der Waals surface area contributed by atoms with Crippen molar-refractivity contribution in [2.24, 2.45) is 5.10 Å². The van der Waals surface area contributed by atoms with E-state index in [1.165, 1.54) is 0 Å². The molecule has 0 atom stereocenters. The molecule has 0 radical (unpaired) electrons. The van der Waals surface area contributed by atoms with E-state index in [0.29, 0.717) is 11.8 Å². The first-order chi connectivity index (χ1) is 11.4. The fraction of sp³-hybridized carbons (Fsp3) is 0.556. The van der Waals surface area contributed by atoms with Crippen molar-refractivity contribution in [2.75, 3.05) is 19.7 Å². The van der Waals surface area contributed by atoms with E-state index in [2.05, 4.69) is 29.3 Å². The van der Waals surface area contributed by atoms with Crippen LogP contribution < -0.4 is 10.2 Å². The number of hydrogen-bond donors (Lipinski definition) is 1. The van der Waals surface area contributed by atoms with Crippen LogP contribution in [0.25, 0.3) is 0 Å². The lowest BCUT2D eigenvalue weighted by atomic mass is 10.1. The molecule has 0 aromatic heterocycles. The van der Waals surface area contributed by atoms with E-state index in [1.807, 2.05) is 26.0 Å². The molecule has 0 spiro atoms. The second kappa shape index (κ2) is 8.49. The number of carbonyl (C=O) groups excluding carboxylic acids is 1. The van der Waals surface area contributed by atoms with E-state index in [9.17, 15) is 4.79 Å². The zero-order chi connectivity index (χ0) is 17.7. The number of piperidine rings is 1. The van der Waals surface area contributed by atoms with Crippen molar-refractivity contribution < 1.29 is 9.53 Å². The van der Waals surface area contributed by atoms with Gasteiger partial charge < -0.3 is 9.64 Å². The Kier molecular flexibility index (Phi) is 6.63. The maximum absolute atomic E-state index is 11.9. The molecule has 0 unspecified atom stereocenters. The molecule has 5 nitrogen and oxygen atoms in total. The third-order valence-corrected chi connectivity index (χ3v) is 4.82. The Hall–Kier alpha value is -1.59.